The second-order valence-electron chi connectivity index (χ2n) is 3.36. The minimum absolute atomic E-state index is 0.261. The van der Waals surface area contributed by atoms with Gasteiger partial charge in [-0.3, -0.25) is 4.99 Å². The smallest absolute Gasteiger partial charge is 0.149 e. The fourth-order valence-corrected chi connectivity index (χ4v) is 1.36. The number of benzene rings is 1. The number of hydrogen-bond donors (Lipinski definition) is 3. The fourth-order valence-electron chi connectivity index (χ4n) is 1.36. The third-order valence-corrected chi connectivity index (χ3v) is 2.15. The van der Waals surface area contributed by atoms with E-state index in [9.17, 15) is 8.78 Å². The summed E-state index contributed by atoms with van der Waals surface area (Å²) in [6, 6.07) is 3.41. The van der Waals surface area contributed by atoms with Crippen molar-refractivity contribution in [2.75, 3.05) is 25.0 Å². The molecule has 0 radical (unpaired) electrons. The predicted octanol–water partition coefficient (Wildman–Crippen LogP) is 0.883. The summed E-state index contributed by atoms with van der Waals surface area (Å²) < 4.78 is 25.9. The summed E-state index contributed by atoms with van der Waals surface area (Å²) in [7, 11) is 0. The van der Waals surface area contributed by atoms with Gasteiger partial charge in [0.05, 0.1) is 18.8 Å². The van der Waals surface area contributed by atoms with E-state index >= 15 is 0 Å². The van der Waals surface area contributed by atoms with Gasteiger partial charge in [-0.25, -0.2) is 14.2 Å². The van der Waals surface area contributed by atoms with Crippen LogP contribution < -0.4 is 16.2 Å². The Morgan fingerprint density at radius 2 is 2.25 bits per heavy atom. The summed E-state index contributed by atoms with van der Waals surface area (Å²) >= 11 is 0. The molecule has 1 aliphatic heterocycles. The van der Waals surface area contributed by atoms with E-state index in [0.717, 1.165) is 12.6 Å². The zero-order valence-corrected chi connectivity index (χ0v) is 8.56. The molecule has 1 aromatic carbocycles. The number of anilines is 1. The second-order valence-corrected chi connectivity index (χ2v) is 3.36. The van der Waals surface area contributed by atoms with Gasteiger partial charge in [-0.1, -0.05) is 0 Å². The van der Waals surface area contributed by atoms with E-state index in [1.165, 1.54) is 12.1 Å². The number of nitrogens with one attached hydrogen (secondary N) is 3. The van der Waals surface area contributed by atoms with E-state index < -0.39 is 11.6 Å². The molecule has 0 aliphatic carbocycles. The van der Waals surface area contributed by atoms with Gasteiger partial charge in [0.25, 0.3) is 0 Å². The highest BCUT2D eigenvalue weighted by Crippen LogP contribution is 2.14. The molecule has 2 rings (SSSR count). The molecule has 0 fully saturated rings. The molecule has 3 N–H and O–H groups in total. The van der Waals surface area contributed by atoms with Crippen LogP contribution in [0.15, 0.2) is 23.2 Å². The molecule has 16 heavy (non-hydrogen) atoms. The first-order chi connectivity index (χ1) is 7.75. The highest BCUT2D eigenvalue weighted by Gasteiger charge is 2.06. The van der Waals surface area contributed by atoms with E-state index in [1.807, 2.05) is 0 Å². The van der Waals surface area contributed by atoms with Crippen LogP contribution >= 0.6 is 0 Å². The first-order valence-electron chi connectivity index (χ1n) is 4.97. The van der Waals surface area contributed by atoms with E-state index in [0.29, 0.717) is 18.9 Å². The Morgan fingerprint density at radius 3 is 2.94 bits per heavy atom. The molecule has 4 nitrogen and oxygen atoms in total. The van der Waals surface area contributed by atoms with E-state index in [-0.39, 0.29) is 5.69 Å². The van der Waals surface area contributed by atoms with Crippen molar-refractivity contribution in [2.45, 2.75) is 0 Å². The van der Waals surface area contributed by atoms with Crippen LogP contribution in [0.5, 0.6) is 0 Å². The maximum absolute atomic E-state index is 13.2. The summed E-state index contributed by atoms with van der Waals surface area (Å²) in [5, 5.41) is 2.83. The highest BCUT2D eigenvalue weighted by molar-refractivity contribution is 5.86. The van der Waals surface area contributed by atoms with Gasteiger partial charge in [0.15, 0.2) is 0 Å². The Bertz CT molecular complexity index is 406. The molecule has 1 heterocycles. The van der Waals surface area contributed by atoms with Gasteiger partial charge < -0.3 is 10.7 Å². The zero-order valence-electron chi connectivity index (χ0n) is 8.56. The maximum atomic E-state index is 13.2. The van der Waals surface area contributed by atoms with Crippen LogP contribution in [-0.2, 0) is 0 Å². The normalized spacial score (nSPS) is 15.2. The molecule has 1 aromatic rings. The van der Waals surface area contributed by atoms with Crippen LogP contribution in [0.3, 0.4) is 0 Å². The minimum atomic E-state index is -0.607. The monoisotopic (exact) mass is 226 g/mol. The van der Waals surface area contributed by atoms with Crippen molar-refractivity contribution >= 4 is 11.5 Å². The Kier molecular flexibility index (Phi) is 3.31. The lowest BCUT2D eigenvalue weighted by Crippen LogP contribution is -2.45. The fraction of sp³-hybridized carbons (Fsp3) is 0.300. The number of hydrazine groups is 1. The van der Waals surface area contributed by atoms with Crippen molar-refractivity contribution in [1.82, 2.24) is 10.9 Å². The van der Waals surface area contributed by atoms with Gasteiger partial charge in [0.1, 0.15) is 17.5 Å². The lowest BCUT2D eigenvalue weighted by Gasteiger charge is -2.16. The molecule has 0 amide bonds. The van der Waals surface area contributed by atoms with Gasteiger partial charge in [-0.2, -0.15) is 0 Å². The standard InChI is InChI=1S/C10H12F2N4/c11-7-1-2-9(8(12)5-7)14-6-10-13-3-4-15-16-10/h1-2,5,14-15H,3-4,6H2,(H,13,16). The van der Waals surface area contributed by atoms with E-state index in [1.54, 1.807) is 0 Å². The molecule has 0 aromatic heterocycles. The number of hydrogen-bond acceptors (Lipinski definition) is 4. The molecule has 0 saturated carbocycles. The van der Waals surface area contributed by atoms with Gasteiger partial charge in [-0.15, -0.1) is 0 Å². The first kappa shape index (κ1) is 10.8. The zero-order chi connectivity index (χ0) is 11.4. The predicted molar refractivity (Wildman–Crippen MR) is 58.3 cm³/mol. The summed E-state index contributed by atoms with van der Waals surface area (Å²) in [6.07, 6.45) is 0. The first-order valence-corrected chi connectivity index (χ1v) is 4.97. The van der Waals surface area contributed by atoms with Crippen LogP contribution in [0.4, 0.5) is 14.5 Å². The minimum Gasteiger partial charge on any atom is -0.375 e. The summed E-state index contributed by atoms with van der Waals surface area (Å²) in [4.78, 5) is 4.18. The number of amidine groups is 1. The van der Waals surface area contributed by atoms with Gasteiger partial charge >= 0.3 is 0 Å². The van der Waals surface area contributed by atoms with Crippen LogP contribution in [0.25, 0.3) is 0 Å². The lowest BCUT2D eigenvalue weighted by atomic mass is 10.3. The lowest BCUT2D eigenvalue weighted by molar-refractivity contribution is 0.585. The molecule has 86 valence electrons. The molecule has 0 unspecified atom stereocenters. The van der Waals surface area contributed by atoms with Crippen molar-refractivity contribution in [1.29, 1.82) is 0 Å². The van der Waals surface area contributed by atoms with Crippen molar-refractivity contribution < 1.29 is 8.78 Å². The molecule has 0 bridgehead atoms. The number of rotatable bonds is 3. The third-order valence-electron chi connectivity index (χ3n) is 2.15. The van der Waals surface area contributed by atoms with Crippen molar-refractivity contribution in [3.05, 3.63) is 29.8 Å². The molecule has 1 aliphatic rings. The Labute approximate surface area is 91.7 Å². The maximum Gasteiger partial charge on any atom is 0.149 e. The SMILES string of the molecule is Fc1ccc(NCC2=NCCNN2)c(F)c1. The third kappa shape index (κ3) is 2.66. The average molecular weight is 226 g/mol. The Hall–Kier alpha value is -1.69. The van der Waals surface area contributed by atoms with Gasteiger partial charge in [-0.05, 0) is 12.1 Å². The Morgan fingerprint density at radius 1 is 1.38 bits per heavy atom. The number of nitrogens with zero attached hydrogens (tertiary/aromatic N) is 1. The molecular weight excluding hydrogens is 214 g/mol. The van der Waals surface area contributed by atoms with Crippen molar-refractivity contribution in [3.63, 3.8) is 0 Å². The summed E-state index contributed by atoms with van der Waals surface area (Å²) in [6.45, 7) is 1.83. The molecule has 6 heteroatoms. The number of halogens is 2. The quantitative estimate of drug-likeness (QED) is 0.717. The van der Waals surface area contributed by atoms with Crippen molar-refractivity contribution in [2.24, 2.45) is 4.99 Å². The van der Waals surface area contributed by atoms with E-state index in [2.05, 4.69) is 21.2 Å². The van der Waals surface area contributed by atoms with Crippen molar-refractivity contribution in [3.8, 4) is 0 Å². The molecular formula is C10H12F2N4. The van der Waals surface area contributed by atoms with Crippen LogP contribution in [0.2, 0.25) is 0 Å². The topological polar surface area (TPSA) is 48.5 Å². The second kappa shape index (κ2) is 4.89. The molecule has 0 spiro atoms. The van der Waals surface area contributed by atoms with E-state index in [4.69, 9.17) is 0 Å². The average Bonchev–Trinajstić information content (AvgIpc) is 2.29. The van der Waals surface area contributed by atoms with Crippen LogP contribution in [-0.4, -0.2) is 25.5 Å². The van der Waals surface area contributed by atoms with Crippen LogP contribution in [0, 0.1) is 11.6 Å². The Balaban J connectivity index is 1.96. The molecule has 0 saturated heterocycles. The van der Waals surface area contributed by atoms with Crippen LogP contribution in [0.1, 0.15) is 0 Å². The highest BCUT2D eigenvalue weighted by atomic mass is 19.1. The van der Waals surface area contributed by atoms with Gasteiger partial charge in [0.2, 0.25) is 0 Å². The number of aliphatic imine (C=N–C) groups is 1. The molecule has 0 atom stereocenters. The summed E-state index contributed by atoms with van der Waals surface area (Å²) in [5.74, 6) is -0.489. The summed E-state index contributed by atoms with van der Waals surface area (Å²) in [5.41, 5.74) is 6.04. The largest absolute Gasteiger partial charge is 0.375 e. The van der Waals surface area contributed by atoms with Gasteiger partial charge in [0, 0.05) is 12.6 Å².